The molecular weight excluding hydrogens is 342 g/mol. The lowest BCUT2D eigenvalue weighted by Crippen LogP contribution is -2.34. The summed E-state index contributed by atoms with van der Waals surface area (Å²) in [6.07, 6.45) is 0.855. The summed E-state index contributed by atoms with van der Waals surface area (Å²) in [7, 11) is 0. The van der Waals surface area contributed by atoms with Gasteiger partial charge in [-0.25, -0.2) is 4.79 Å². The molecule has 2 aromatic carbocycles. The molecule has 0 aliphatic carbocycles. The number of nitrogens with one attached hydrogen (secondary N) is 3. The third-order valence-corrected chi connectivity index (χ3v) is 3.83. The Kier molecular flexibility index (Phi) is 7.67. The molecule has 0 fully saturated rings. The van der Waals surface area contributed by atoms with Crippen molar-refractivity contribution in [3.63, 3.8) is 0 Å². The van der Waals surface area contributed by atoms with E-state index in [9.17, 15) is 9.59 Å². The molecule has 0 aliphatic heterocycles. The molecule has 0 aromatic heterocycles. The molecule has 0 saturated carbocycles. The molecule has 144 valence electrons. The zero-order valence-electron chi connectivity index (χ0n) is 16.0. The predicted molar refractivity (Wildman–Crippen MR) is 107 cm³/mol. The number of carbonyl (C=O) groups is 2. The Morgan fingerprint density at radius 1 is 1.04 bits per heavy atom. The summed E-state index contributed by atoms with van der Waals surface area (Å²) < 4.78 is 5.61. The summed E-state index contributed by atoms with van der Waals surface area (Å²) in [4.78, 5) is 23.7. The summed E-state index contributed by atoms with van der Waals surface area (Å²) in [5, 5.41) is 8.35. The van der Waals surface area contributed by atoms with Gasteiger partial charge in [-0.1, -0.05) is 37.3 Å². The lowest BCUT2D eigenvalue weighted by Gasteiger charge is -2.12. The Balaban J connectivity index is 1.77. The monoisotopic (exact) mass is 369 g/mol. The first-order valence-electron chi connectivity index (χ1n) is 9.11. The van der Waals surface area contributed by atoms with Crippen LogP contribution in [0.5, 0.6) is 5.75 Å². The van der Waals surface area contributed by atoms with E-state index in [0.29, 0.717) is 12.2 Å². The van der Waals surface area contributed by atoms with Crippen molar-refractivity contribution in [3.05, 3.63) is 59.7 Å². The maximum atomic E-state index is 12.0. The predicted octanol–water partition coefficient (Wildman–Crippen LogP) is 3.47. The number of hydrogen-bond acceptors (Lipinski definition) is 3. The second-order valence-corrected chi connectivity index (χ2v) is 6.48. The topological polar surface area (TPSA) is 79.5 Å². The molecule has 3 N–H and O–H groups in total. The molecular formula is C21H27N3O3. The number of para-hydroxylation sites is 1. The second kappa shape index (κ2) is 10.2. The van der Waals surface area contributed by atoms with Crippen molar-refractivity contribution in [1.29, 1.82) is 0 Å². The molecule has 27 heavy (non-hydrogen) atoms. The highest BCUT2D eigenvalue weighted by molar-refractivity contribution is 5.89. The average Bonchev–Trinajstić information content (AvgIpc) is 2.65. The molecule has 0 bridgehead atoms. The van der Waals surface area contributed by atoms with Crippen LogP contribution in [0.25, 0.3) is 0 Å². The van der Waals surface area contributed by atoms with E-state index in [-0.39, 0.29) is 24.6 Å². The van der Waals surface area contributed by atoms with Crippen molar-refractivity contribution in [1.82, 2.24) is 10.6 Å². The number of hydrogen-bond donors (Lipinski definition) is 3. The van der Waals surface area contributed by atoms with Crippen LogP contribution in [0.2, 0.25) is 0 Å². The van der Waals surface area contributed by atoms with E-state index >= 15 is 0 Å². The van der Waals surface area contributed by atoms with Crippen molar-refractivity contribution in [2.75, 3.05) is 11.9 Å². The van der Waals surface area contributed by atoms with Gasteiger partial charge in [-0.15, -0.1) is 0 Å². The highest BCUT2D eigenvalue weighted by Gasteiger charge is 2.06. The first-order valence-corrected chi connectivity index (χ1v) is 9.11. The molecule has 2 aromatic rings. The standard InChI is InChI=1S/C21H27N3O3/c1-4-17-7-5-6-8-19(17)27-14-20(25)22-13-16-9-11-18(12-10-16)24-21(26)23-15(2)3/h5-12,15H,4,13-14H2,1-3H3,(H,22,25)(H2,23,24,26). The number of rotatable bonds is 8. The van der Waals surface area contributed by atoms with Gasteiger partial charge in [0.2, 0.25) is 0 Å². The van der Waals surface area contributed by atoms with E-state index in [1.165, 1.54) is 0 Å². The Morgan fingerprint density at radius 2 is 1.74 bits per heavy atom. The summed E-state index contributed by atoms with van der Waals surface area (Å²) >= 11 is 0. The van der Waals surface area contributed by atoms with Gasteiger partial charge in [-0.05, 0) is 49.6 Å². The highest BCUT2D eigenvalue weighted by atomic mass is 16.5. The van der Waals surface area contributed by atoms with E-state index in [1.807, 2.05) is 57.2 Å². The summed E-state index contributed by atoms with van der Waals surface area (Å²) in [5.41, 5.74) is 2.71. The number of carbonyl (C=O) groups excluding carboxylic acids is 2. The smallest absolute Gasteiger partial charge is 0.319 e. The summed E-state index contributed by atoms with van der Waals surface area (Å²) in [6, 6.07) is 14.9. The number of aryl methyl sites for hydroxylation is 1. The van der Waals surface area contributed by atoms with E-state index in [0.717, 1.165) is 23.3 Å². The van der Waals surface area contributed by atoms with Gasteiger partial charge in [-0.3, -0.25) is 4.79 Å². The van der Waals surface area contributed by atoms with Gasteiger partial charge in [0.05, 0.1) is 0 Å². The lowest BCUT2D eigenvalue weighted by molar-refractivity contribution is -0.123. The maximum Gasteiger partial charge on any atom is 0.319 e. The van der Waals surface area contributed by atoms with Crippen LogP contribution in [-0.2, 0) is 17.8 Å². The molecule has 3 amide bonds. The first kappa shape index (κ1) is 20.3. The quantitative estimate of drug-likeness (QED) is 0.666. The van der Waals surface area contributed by atoms with E-state index < -0.39 is 0 Å². The van der Waals surface area contributed by atoms with Crippen LogP contribution < -0.4 is 20.7 Å². The highest BCUT2D eigenvalue weighted by Crippen LogP contribution is 2.18. The van der Waals surface area contributed by atoms with Crippen molar-refractivity contribution in [3.8, 4) is 5.75 Å². The lowest BCUT2D eigenvalue weighted by atomic mass is 10.1. The van der Waals surface area contributed by atoms with Crippen LogP contribution in [0.15, 0.2) is 48.5 Å². The zero-order chi connectivity index (χ0) is 19.6. The molecule has 0 heterocycles. The summed E-state index contributed by atoms with van der Waals surface area (Å²) in [5.74, 6) is 0.560. The number of ether oxygens (including phenoxy) is 1. The van der Waals surface area contributed by atoms with Crippen LogP contribution in [0.1, 0.15) is 31.9 Å². The number of anilines is 1. The van der Waals surface area contributed by atoms with Crippen molar-refractivity contribution in [2.24, 2.45) is 0 Å². The van der Waals surface area contributed by atoms with E-state index in [4.69, 9.17) is 4.74 Å². The van der Waals surface area contributed by atoms with Gasteiger partial charge in [-0.2, -0.15) is 0 Å². The van der Waals surface area contributed by atoms with Gasteiger partial charge in [0.1, 0.15) is 5.75 Å². The minimum absolute atomic E-state index is 0.0218. The van der Waals surface area contributed by atoms with Gasteiger partial charge >= 0.3 is 6.03 Å². The fourth-order valence-corrected chi connectivity index (χ4v) is 2.47. The third-order valence-electron chi connectivity index (χ3n) is 3.83. The van der Waals surface area contributed by atoms with Crippen molar-refractivity contribution >= 4 is 17.6 Å². The molecule has 6 heteroatoms. The Hall–Kier alpha value is -3.02. The molecule has 2 rings (SSSR count). The molecule has 0 unspecified atom stereocenters. The SMILES string of the molecule is CCc1ccccc1OCC(=O)NCc1ccc(NC(=O)NC(C)C)cc1. The van der Waals surface area contributed by atoms with Crippen LogP contribution in [-0.4, -0.2) is 24.6 Å². The normalized spacial score (nSPS) is 10.4. The van der Waals surface area contributed by atoms with E-state index in [2.05, 4.69) is 16.0 Å². The minimum atomic E-state index is -0.240. The molecule has 6 nitrogen and oxygen atoms in total. The van der Waals surface area contributed by atoms with Crippen LogP contribution in [0.4, 0.5) is 10.5 Å². The van der Waals surface area contributed by atoms with Gasteiger partial charge in [0.15, 0.2) is 6.61 Å². The maximum absolute atomic E-state index is 12.0. The van der Waals surface area contributed by atoms with Crippen molar-refractivity contribution in [2.45, 2.75) is 39.8 Å². The summed E-state index contributed by atoms with van der Waals surface area (Å²) in [6.45, 7) is 6.22. The first-order chi connectivity index (χ1) is 13.0. The molecule has 0 saturated heterocycles. The molecule has 0 aliphatic rings. The van der Waals surface area contributed by atoms with Gasteiger partial charge < -0.3 is 20.7 Å². The van der Waals surface area contributed by atoms with Crippen LogP contribution in [0, 0.1) is 0 Å². The van der Waals surface area contributed by atoms with Crippen molar-refractivity contribution < 1.29 is 14.3 Å². The minimum Gasteiger partial charge on any atom is -0.483 e. The zero-order valence-corrected chi connectivity index (χ0v) is 16.0. The van der Waals surface area contributed by atoms with Crippen LogP contribution >= 0.6 is 0 Å². The Labute approximate surface area is 160 Å². The fourth-order valence-electron chi connectivity index (χ4n) is 2.47. The number of benzene rings is 2. The second-order valence-electron chi connectivity index (χ2n) is 6.48. The largest absolute Gasteiger partial charge is 0.483 e. The van der Waals surface area contributed by atoms with Crippen LogP contribution in [0.3, 0.4) is 0 Å². The third kappa shape index (κ3) is 7.01. The fraction of sp³-hybridized carbons (Fsp3) is 0.333. The van der Waals surface area contributed by atoms with Gasteiger partial charge in [0, 0.05) is 18.3 Å². The molecule has 0 atom stereocenters. The number of amides is 3. The van der Waals surface area contributed by atoms with Gasteiger partial charge in [0.25, 0.3) is 5.91 Å². The molecule has 0 radical (unpaired) electrons. The average molecular weight is 369 g/mol. The number of urea groups is 1. The Morgan fingerprint density at radius 3 is 2.41 bits per heavy atom. The molecule has 0 spiro atoms. The Bertz CT molecular complexity index is 758. The van der Waals surface area contributed by atoms with E-state index in [1.54, 1.807) is 12.1 Å².